The zero-order valence-corrected chi connectivity index (χ0v) is 11.1. The van der Waals surface area contributed by atoms with Crippen molar-refractivity contribution in [1.29, 1.82) is 0 Å². The van der Waals surface area contributed by atoms with Crippen molar-refractivity contribution in [3.8, 4) is 0 Å². The molecule has 0 saturated carbocycles. The fourth-order valence-corrected chi connectivity index (χ4v) is 3.52. The number of rotatable bonds is 3. The van der Waals surface area contributed by atoms with E-state index in [2.05, 4.69) is 15.9 Å². The lowest BCUT2D eigenvalue weighted by Crippen LogP contribution is -2.20. The Morgan fingerprint density at radius 3 is 2.56 bits per heavy atom. The molecular formula is C11H13BrO3S. The maximum atomic E-state index is 12.0. The van der Waals surface area contributed by atoms with E-state index >= 15 is 0 Å². The van der Waals surface area contributed by atoms with Crippen LogP contribution in [-0.4, -0.2) is 26.9 Å². The van der Waals surface area contributed by atoms with E-state index in [0.717, 1.165) is 17.3 Å². The smallest absolute Gasteiger partial charge is 0.180 e. The highest BCUT2D eigenvalue weighted by atomic mass is 79.9. The molecule has 0 unspecified atom stereocenters. The molecule has 1 atom stereocenters. The molecule has 1 aromatic rings. The zero-order chi connectivity index (χ0) is 11.6. The molecule has 0 N–H and O–H groups in total. The van der Waals surface area contributed by atoms with Gasteiger partial charge in [-0.25, -0.2) is 8.42 Å². The second-order valence-corrected chi connectivity index (χ2v) is 6.82. The van der Waals surface area contributed by atoms with Crippen molar-refractivity contribution in [2.75, 3.05) is 12.4 Å². The topological polar surface area (TPSA) is 43.4 Å². The van der Waals surface area contributed by atoms with Gasteiger partial charge in [0.15, 0.2) is 9.84 Å². The highest BCUT2D eigenvalue weighted by Gasteiger charge is 2.24. The van der Waals surface area contributed by atoms with E-state index < -0.39 is 9.84 Å². The van der Waals surface area contributed by atoms with Crippen LogP contribution in [-0.2, 0) is 14.6 Å². The van der Waals surface area contributed by atoms with Gasteiger partial charge in [-0.05, 0) is 37.1 Å². The van der Waals surface area contributed by atoms with Gasteiger partial charge < -0.3 is 4.74 Å². The molecule has 0 aliphatic carbocycles. The van der Waals surface area contributed by atoms with Crippen LogP contribution in [0.15, 0.2) is 33.6 Å². The maximum absolute atomic E-state index is 12.0. The van der Waals surface area contributed by atoms with Crippen LogP contribution in [0, 0.1) is 0 Å². The summed E-state index contributed by atoms with van der Waals surface area (Å²) in [6, 6.07) is 6.72. The maximum Gasteiger partial charge on any atom is 0.180 e. The minimum absolute atomic E-state index is 0.0919. The minimum atomic E-state index is -3.21. The standard InChI is InChI=1S/C11H13BrO3S/c12-9-3-5-11(6-4-9)16(13,14)8-10-2-1-7-15-10/h3-6,10H,1-2,7-8H2/t10-/m0/s1. The van der Waals surface area contributed by atoms with Crippen molar-refractivity contribution < 1.29 is 13.2 Å². The van der Waals surface area contributed by atoms with E-state index in [-0.39, 0.29) is 11.9 Å². The van der Waals surface area contributed by atoms with Crippen LogP contribution in [0.5, 0.6) is 0 Å². The van der Waals surface area contributed by atoms with Crippen molar-refractivity contribution in [1.82, 2.24) is 0 Å². The number of hydrogen-bond donors (Lipinski definition) is 0. The number of benzene rings is 1. The van der Waals surface area contributed by atoms with Gasteiger partial charge in [0.25, 0.3) is 0 Å². The molecule has 1 saturated heterocycles. The van der Waals surface area contributed by atoms with Gasteiger partial charge >= 0.3 is 0 Å². The summed E-state index contributed by atoms with van der Waals surface area (Å²) in [5.41, 5.74) is 0. The summed E-state index contributed by atoms with van der Waals surface area (Å²) in [6.07, 6.45) is 1.67. The Bertz CT molecular complexity index is 447. The molecule has 0 amide bonds. The average Bonchev–Trinajstić information content (AvgIpc) is 2.70. The molecule has 5 heteroatoms. The largest absolute Gasteiger partial charge is 0.377 e. The lowest BCUT2D eigenvalue weighted by molar-refractivity contribution is 0.127. The Balaban J connectivity index is 2.14. The summed E-state index contributed by atoms with van der Waals surface area (Å²) < 4.78 is 30.2. The molecule has 1 heterocycles. The monoisotopic (exact) mass is 304 g/mol. The quantitative estimate of drug-likeness (QED) is 0.861. The lowest BCUT2D eigenvalue weighted by Gasteiger charge is -2.10. The first-order valence-corrected chi connectivity index (χ1v) is 7.62. The van der Waals surface area contributed by atoms with Crippen molar-refractivity contribution >= 4 is 25.8 Å². The number of ether oxygens (including phenoxy) is 1. The summed E-state index contributed by atoms with van der Waals surface area (Å²) in [6.45, 7) is 0.681. The fourth-order valence-electron chi connectivity index (χ4n) is 1.76. The molecule has 1 aliphatic rings. The molecule has 1 fully saturated rings. The van der Waals surface area contributed by atoms with Crippen molar-refractivity contribution in [3.05, 3.63) is 28.7 Å². The molecule has 0 aromatic heterocycles. The third-order valence-corrected chi connectivity index (χ3v) is 4.93. The van der Waals surface area contributed by atoms with Crippen LogP contribution in [0.3, 0.4) is 0 Å². The molecule has 1 aliphatic heterocycles. The normalized spacial score (nSPS) is 21.2. The van der Waals surface area contributed by atoms with Gasteiger partial charge in [-0.3, -0.25) is 0 Å². The Labute approximate surface area is 104 Å². The zero-order valence-electron chi connectivity index (χ0n) is 8.73. The van der Waals surface area contributed by atoms with E-state index in [1.807, 2.05) is 0 Å². The van der Waals surface area contributed by atoms with E-state index in [9.17, 15) is 8.42 Å². The highest BCUT2D eigenvalue weighted by Crippen LogP contribution is 2.20. The number of sulfone groups is 1. The van der Waals surface area contributed by atoms with Gasteiger partial charge in [-0.1, -0.05) is 15.9 Å². The van der Waals surface area contributed by atoms with Crippen LogP contribution in [0.1, 0.15) is 12.8 Å². The highest BCUT2D eigenvalue weighted by molar-refractivity contribution is 9.10. The van der Waals surface area contributed by atoms with Gasteiger partial charge in [0.2, 0.25) is 0 Å². The Morgan fingerprint density at radius 1 is 1.31 bits per heavy atom. The molecule has 0 bridgehead atoms. The molecule has 1 aromatic carbocycles. The molecule has 88 valence electrons. The predicted molar refractivity (Wildman–Crippen MR) is 65.2 cm³/mol. The average molecular weight is 305 g/mol. The molecule has 0 spiro atoms. The van der Waals surface area contributed by atoms with Crippen LogP contribution >= 0.6 is 15.9 Å². The van der Waals surface area contributed by atoms with Gasteiger partial charge in [-0.15, -0.1) is 0 Å². The number of halogens is 1. The van der Waals surface area contributed by atoms with Gasteiger partial charge in [0, 0.05) is 11.1 Å². The van der Waals surface area contributed by atoms with Crippen LogP contribution < -0.4 is 0 Å². The molecule has 3 nitrogen and oxygen atoms in total. The lowest BCUT2D eigenvalue weighted by atomic mass is 10.3. The first kappa shape index (κ1) is 12.1. The first-order valence-electron chi connectivity index (χ1n) is 5.18. The van der Waals surface area contributed by atoms with E-state index in [4.69, 9.17) is 4.74 Å². The fraction of sp³-hybridized carbons (Fsp3) is 0.455. The Kier molecular flexibility index (Phi) is 3.66. The Morgan fingerprint density at radius 2 is 2.00 bits per heavy atom. The third-order valence-electron chi connectivity index (χ3n) is 2.60. The summed E-state index contributed by atoms with van der Waals surface area (Å²) in [7, 11) is -3.21. The van der Waals surface area contributed by atoms with Crippen molar-refractivity contribution in [2.45, 2.75) is 23.8 Å². The van der Waals surface area contributed by atoms with Crippen molar-refractivity contribution in [3.63, 3.8) is 0 Å². The van der Waals surface area contributed by atoms with E-state index in [1.165, 1.54) is 0 Å². The van der Waals surface area contributed by atoms with E-state index in [1.54, 1.807) is 24.3 Å². The molecular weight excluding hydrogens is 292 g/mol. The molecule has 16 heavy (non-hydrogen) atoms. The molecule has 0 radical (unpaired) electrons. The third kappa shape index (κ3) is 2.84. The van der Waals surface area contributed by atoms with Gasteiger partial charge in [-0.2, -0.15) is 0 Å². The van der Waals surface area contributed by atoms with Crippen LogP contribution in [0.2, 0.25) is 0 Å². The minimum Gasteiger partial charge on any atom is -0.377 e. The predicted octanol–water partition coefficient (Wildman–Crippen LogP) is 2.40. The summed E-state index contributed by atoms with van der Waals surface area (Å²) in [5.74, 6) is 0.0919. The van der Waals surface area contributed by atoms with E-state index in [0.29, 0.717) is 11.5 Å². The first-order chi connectivity index (χ1) is 7.58. The van der Waals surface area contributed by atoms with Gasteiger partial charge in [0.05, 0.1) is 16.8 Å². The second kappa shape index (κ2) is 4.85. The second-order valence-electron chi connectivity index (χ2n) is 3.87. The van der Waals surface area contributed by atoms with Crippen LogP contribution in [0.25, 0.3) is 0 Å². The summed E-state index contributed by atoms with van der Waals surface area (Å²) >= 11 is 3.28. The summed E-state index contributed by atoms with van der Waals surface area (Å²) in [4.78, 5) is 0.367. The number of hydrogen-bond acceptors (Lipinski definition) is 3. The molecule has 2 rings (SSSR count). The van der Waals surface area contributed by atoms with Crippen molar-refractivity contribution in [2.24, 2.45) is 0 Å². The summed E-state index contributed by atoms with van der Waals surface area (Å²) in [5, 5.41) is 0. The Hall–Kier alpha value is -0.390. The van der Waals surface area contributed by atoms with Crippen LogP contribution in [0.4, 0.5) is 0 Å². The van der Waals surface area contributed by atoms with Gasteiger partial charge in [0.1, 0.15) is 0 Å². The SMILES string of the molecule is O=S(=O)(C[C@@H]1CCCO1)c1ccc(Br)cc1.